The van der Waals surface area contributed by atoms with Gasteiger partial charge in [0, 0.05) is 18.8 Å². The number of nitrogens with zero attached hydrogens (tertiary/aromatic N) is 2. The fraction of sp³-hybridized carbons (Fsp3) is 0.516. The van der Waals surface area contributed by atoms with Crippen LogP contribution in [0.5, 0.6) is 0 Å². The molecule has 2 aliphatic heterocycles. The minimum absolute atomic E-state index is 0.0457. The first-order valence-corrected chi connectivity index (χ1v) is 18.9. The van der Waals surface area contributed by atoms with Crippen LogP contribution in [0, 0.1) is 5.92 Å². The van der Waals surface area contributed by atoms with Crippen LogP contribution in [0.25, 0.3) is 0 Å². The Bertz CT molecular complexity index is 1600. The largest absolute Gasteiger partial charge is 0.472 e. The van der Waals surface area contributed by atoms with Crippen molar-refractivity contribution in [2.24, 2.45) is 5.92 Å². The fourth-order valence-electron chi connectivity index (χ4n) is 6.19. The molecular formula is C31H42N4O10S2. The summed E-state index contributed by atoms with van der Waals surface area (Å²) in [4.78, 5) is 20.0. The predicted octanol–water partition coefficient (Wildman–Crippen LogP) is 2.35. The maximum absolute atomic E-state index is 14.2. The smallest absolute Gasteiger partial charge is 0.408 e. The van der Waals surface area contributed by atoms with Gasteiger partial charge in [-0.2, -0.15) is 0 Å². The Labute approximate surface area is 275 Å². The standard InChI is InChI=1S/C31H42N4O10S2/c1-46(39,40)33-16-15-32-23-10-7-13-25(19-23)47(41,42)34(45-24-11-5-6-12-24)20-29(36)27(18-22-8-3-2-4-9-22)35(31(37)38)28-21-44-30-26(28)14-17-43-30/h2-4,7-10,13-14,17,19,24,26-30,32-33,36H,5-6,11-12,15-16,18,20-21H2,1H3,(H,37,38)/t26-,27-,28-,29+,30-/m0/s1. The molecule has 1 saturated heterocycles. The van der Waals surface area contributed by atoms with E-state index in [1.807, 2.05) is 30.3 Å². The van der Waals surface area contributed by atoms with Gasteiger partial charge in [0.05, 0.1) is 60.8 Å². The number of hydroxylamine groups is 1. The van der Waals surface area contributed by atoms with E-state index in [-0.39, 0.29) is 31.0 Å². The summed E-state index contributed by atoms with van der Waals surface area (Å²) in [6, 6.07) is 13.3. The molecule has 0 bridgehead atoms. The lowest BCUT2D eigenvalue weighted by atomic mass is 9.94. The third kappa shape index (κ3) is 9.01. The normalized spacial score (nSPS) is 22.6. The Morgan fingerprint density at radius 3 is 2.51 bits per heavy atom. The van der Waals surface area contributed by atoms with Gasteiger partial charge in [-0.25, -0.2) is 26.4 Å². The monoisotopic (exact) mass is 694 g/mol. The van der Waals surface area contributed by atoms with E-state index in [1.54, 1.807) is 18.2 Å². The molecule has 4 N–H and O–H groups in total. The molecule has 47 heavy (non-hydrogen) atoms. The average molecular weight is 695 g/mol. The van der Waals surface area contributed by atoms with E-state index in [9.17, 15) is 31.8 Å². The molecule has 3 aliphatic rings. The second-order valence-corrected chi connectivity index (χ2v) is 15.6. The Balaban J connectivity index is 1.42. The summed E-state index contributed by atoms with van der Waals surface area (Å²) >= 11 is 0. The van der Waals surface area contributed by atoms with Gasteiger partial charge < -0.3 is 25.0 Å². The summed E-state index contributed by atoms with van der Waals surface area (Å²) in [5.41, 5.74) is 1.19. The second kappa shape index (κ2) is 15.3. The highest BCUT2D eigenvalue weighted by Crippen LogP contribution is 2.35. The quantitative estimate of drug-likeness (QED) is 0.149. The second-order valence-electron chi connectivity index (χ2n) is 11.9. The van der Waals surface area contributed by atoms with Gasteiger partial charge in [-0.1, -0.05) is 53.7 Å². The number of sulfonamides is 2. The van der Waals surface area contributed by atoms with Crippen molar-refractivity contribution in [3.8, 4) is 0 Å². The van der Waals surface area contributed by atoms with Crippen molar-refractivity contribution in [3.63, 3.8) is 0 Å². The van der Waals surface area contributed by atoms with Gasteiger partial charge in [-0.15, -0.1) is 0 Å². The van der Waals surface area contributed by atoms with E-state index in [4.69, 9.17) is 14.3 Å². The first-order valence-electron chi connectivity index (χ1n) is 15.6. The fourth-order valence-corrected chi connectivity index (χ4v) is 8.01. The summed E-state index contributed by atoms with van der Waals surface area (Å²) in [5.74, 6) is -0.394. The van der Waals surface area contributed by atoms with E-state index in [1.165, 1.54) is 18.4 Å². The number of hydrogen-bond donors (Lipinski definition) is 4. The topological polar surface area (TPSA) is 184 Å². The van der Waals surface area contributed by atoms with Crippen molar-refractivity contribution < 1.29 is 46.2 Å². The molecule has 1 amide bonds. The van der Waals surface area contributed by atoms with Gasteiger partial charge >= 0.3 is 6.09 Å². The minimum atomic E-state index is -4.37. The van der Waals surface area contributed by atoms with Crippen molar-refractivity contribution in [1.29, 1.82) is 0 Å². The molecule has 0 unspecified atom stereocenters. The van der Waals surface area contributed by atoms with Crippen molar-refractivity contribution in [2.45, 2.75) is 67.6 Å². The number of anilines is 1. The molecule has 2 fully saturated rings. The lowest BCUT2D eigenvalue weighted by Gasteiger charge is -2.39. The molecule has 258 valence electrons. The van der Waals surface area contributed by atoms with Crippen LogP contribution in [0.15, 0.2) is 71.8 Å². The maximum atomic E-state index is 14.2. The van der Waals surface area contributed by atoms with Crippen molar-refractivity contribution in [2.75, 3.05) is 37.8 Å². The molecule has 5 rings (SSSR count). The van der Waals surface area contributed by atoms with Crippen molar-refractivity contribution in [3.05, 3.63) is 72.5 Å². The van der Waals surface area contributed by atoms with E-state index in [0.29, 0.717) is 18.5 Å². The number of ether oxygens (including phenoxy) is 2. The summed E-state index contributed by atoms with van der Waals surface area (Å²) < 4.78 is 65.4. The number of aliphatic hydroxyl groups is 1. The van der Waals surface area contributed by atoms with Gasteiger partial charge in [0.25, 0.3) is 10.0 Å². The molecule has 0 spiro atoms. The van der Waals surface area contributed by atoms with Crippen LogP contribution in [-0.2, 0) is 40.8 Å². The molecule has 0 radical (unpaired) electrons. The molecule has 5 atom stereocenters. The third-order valence-corrected chi connectivity index (χ3v) is 10.8. The Morgan fingerprint density at radius 1 is 1.06 bits per heavy atom. The molecular weight excluding hydrogens is 652 g/mol. The zero-order valence-electron chi connectivity index (χ0n) is 26.1. The van der Waals surface area contributed by atoms with Crippen LogP contribution in [0.2, 0.25) is 0 Å². The molecule has 14 nitrogen and oxygen atoms in total. The highest BCUT2D eigenvalue weighted by Gasteiger charge is 2.48. The van der Waals surface area contributed by atoms with Crippen molar-refractivity contribution >= 4 is 31.8 Å². The molecule has 0 aromatic heterocycles. The molecule has 1 saturated carbocycles. The van der Waals surface area contributed by atoms with Crippen LogP contribution in [-0.4, -0.2) is 106 Å². The summed E-state index contributed by atoms with van der Waals surface area (Å²) in [6.45, 7) is -0.192. The third-order valence-electron chi connectivity index (χ3n) is 8.49. The Hall–Kier alpha value is -3.25. The zero-order valence-corrected chi connectivity index (χ0v) is 27.7. The number of carboxylic acid groups (broad SMARTS) is 1. The molecule has 16 heteroatoms. The Morgan fingerprint density at radius 2 is 1.81 bits per heavy atom. The van der Waals surface area contributed by atoms with Crippen LogP contribution >= 0.6 is 0 Å². The number of aliphatic hydroxyl groups excluding tert-OH is 1. The van der Waals surface area contributed by atoms with E-state index < -0.39 is 69.2 Å². The molecule has 2 aromatic carbocycles. The van der Waals surface area contributed by atoms with Crippen LogP contribution in [0.4, 0.5) is 10.5 Å². The molecule has 2 aromatic rings. The number of benzene rings is 2. The van der Waals surface area contributed by atoms with Gasteiger partial charge in [-0.3, -0.25) is 9.74 Å². The predicted molar refractivity (Wildman–Crippen MR) is 172 cm³/mol. The van der Waals surface area contributed by atoms with Gasteiger partial charge in [0.2, 0.25) is 16.3 Å². The highest BCUT2D eigenvalue weighted by atomic mass is 32.2. The minimum Gasteiger partial charge on any atom is -0.472 e. The summed E-state index contributed by atoms with van der Waals surface area (Å²) in [6.07, 6.45) is 3.55. The van der Waals surface area contributed by atoms with Crippen LogP contribution in [0.1, 0.15) is 31.2 Å². The number of hydrogen-bond acceptors (Lipinski definition) is 10. The molecule has 2 heterocycles. The van der Waals surface area contributed by atoms with Crippen LogP contribution in [0.3, 0.4) is 0 Å². The zero-order chi connectivity index (χ0) is 33.6. The number of amides is 1. The average Bonchev–Trinajstić information content (AvgIpc) is 3.79. The number of nitrogens with one attached hydrogen (secondary N) is 2. The number of fused-ring (bicyclic) bond motifs is 1. The lowest BCUT2D eigenvalue weighted by molar-refractivity contribution is -0.149. The van der Waals surface area contributed by atoms with Gasteiger partial charge in [0.1, 0.15) is 0 Å². The molecule has 1 aliphatic carbocycles. The van der Waals surface area contributed by atoms with E-state index in [0.717, 1.165) is 34.0 Å². The van der Waals surface area contributed by atoms with E-state index >= 15 is 0 Å². The van der Waals surface area contributed by atoms with Crippen molar-refractivity contribution in [1.82, 2.24) is 14.1 Å². The van der Waals surface area contributed by atoms with Gasteiger partial charge in [0.15, 0.2) is 0 Å². The first-order chi connectivity index (χ1) is 22.4. The summed E-state index contributed by atoms with van der Waals surface area (Å²) in [5, 5.41) is 25.4. The highest BCUT2D eigenvalue weighted by molar-refractivity contribution is 7.89. The SMILES string of the molecule is CS(=O)(=O)NCCNc1cccc(S(=O)(=O)N(C[C@@H](O)[C@H](Cc2ccccc2)N(C(=O)O)[C@H]2CO[C@@H]3OC=C[C@H]32)OC2CCCC2)c1. The Kier molecular flexibility index (Phi) is 11.4. The van der Waals surface area contributed by atoms with Gasteiger partial charge in [-0.05, 0) is 49.1 Å². The summed E-state index contributed by atoms with van der Waals surface area (Å²) in [7, 11) is -7.75. The lowest BCUT2D eigenvalue weighted by Crippen LogP contribution is -2.57. The number of rotatable bonds is 16. The van der Waals surface area contributed by atoms with E-state index in [2.05, 4.69) is 10.0 Å². The van der Waals surface area contributed by atoms with Crippen LogP contribution < -0.4 is 10.0 Å². The first kappa shape index (κ1) is 35.1. The maximum Gasteiger partial charge on any atom is 0.408 e. The number of carbonyl (C=O) groups is 1.